The van der Waals surface area contributed by atoms with Crippen molar-refractivity contribution in [3.63, 3.8) is 0 Å². The number of amides is 2. The lowest BCUT2D eigenvalue weighted by molar-refractivity contribution is -0.117. The van der Waals surface area contributed by atoms with Crippen molar-refractivity contribution >= 4 is 28.9 Å². The summed E-state index contributed by atoms with van der Waals surface area (Å²) in [5, 5.41) is 2.92. The van der Waals surface area contributed by atoms with Gasteiger partial charge in [0.2, 0.25) is 5.91 Å². The minimum Gasteiger partial charge on any atom is -0.378 e. The number of rotatable bonds is 4. The molecule has 1 N–H and O–H groups in total. The van der Waals surface area contributed by atoms with E-state index in [2.05, 4.69) is 5.32 Å². The Morgan fingerprint density at radius 2 is 1.84 bits per heavy atom. The second kappa shape index (κ2) is 6.97. The topological polar surface area (TPSA) is 52.7 Å². The maximum Gasteiger partial charge on any atom is 0.255 e. The first-order chi connectivity index (χ1) is 12.0. The smallest absolute Gasteiger partial charge is 0.255 e. The first-order valence-corrected chi connectivity index (χ1v) is 8.45. The molecule has 2 aromatic carbocycles. The van der Waals surface area contributed by atoms with Gasteiger partial charge in [0, 0.05) is 49.7 Å². The molecule has 2 aromatic rings. The third-order valence-corrected chi connectivity index (χ3v) is 4.46. The fourth-order valence-electron chi connectivity index (χ4n) is 3.05. The summed E-state index contributed by atoms with van der Waals surface area (Å²) in [6.07, 6.45) is 1.51. The van der Waals surface area contributed by atoms with Crippen molar-refractivity contribution in [1.29, 1.82) is 0 Å². The van der Waals surface area contributed by atoms with Gasteiger partial charge in [0.15, 0.2) is 0 Å². The SMILES string of the molecule is Cc1cc(NC(=O)c2ccc(N(C)C)cc2)ccc1N1CCCC1=O. The molecule has 1 aliphatic heterocycles. The average Bonchev–Trinajstić information content (AvgIpc) is 3.01. The van der Waals surface area contributed by atoms with E-state index in [1.165, 1.54) is 0 Å². The van der Waals surface area contributed by atoms with Crippen molar-refractivity contribution in [3.05, 3.63) is 53.6 Å². The van der Waals surface area contributed by atoms with Crippen LogP contribution in [0.1, 0.15) is 28.8 Å². The summed E-state index contributed by atoms with van der Waals surface area (Å²) < 4.78 is 0. The molecule has 130 valence electrons. The van der Waals surface area contributed by atoms with Crippen LogP contribution in [0.4, 0.5) is 17.1 Å². The summed E-state index contributed by atoms with van der Waals surface area (Å²) >= 11 is 0. The standard InChI is InChI=1S/C20H23N3O2/c1-14-13-16(8-11-18(14)23-12-4-5-19(23)24)21-20(25)15-6-9-17(10-7-15)22(2)3/h6-11,13H,4-5,12H2,1-3H3,(H,21,25). The summed E-state index contributed by atoms with van der Waals surface area (Å²) in [5.41, 5.74) is 4.30. The Bertz CT molecular complexity index is 797. The largest absolute Gasteiger partial charge is 0.378 e. The first-order valence-electron chi connectivity index (χ1n) is 8.45. The molecule has 0 aromatic heterocycles. The van der Waals surface area contributed by atoms with Crippen LogP contribution in [0.5, 0.6) is 0 Å². The quantitative estimate of drug-likeness (QED) is 0.930. The number of nitrogens with one attached hydrogen (secondary N) is 1. The Morgan fingerprint density at radius 1 is 1.12 bits per heavy atom. The van der Waals surface area contributed by atoms with Crippen LogP contribution in [-0.2, 0) is 4.79 Å². The van der Waals surface area contributed by atoms with Crippen molar-refractivity contribution in [3.8, 4) is 0 Å². The Morgan fingerprint density at radius 3 is 2.40 bits per heavy atom. The van der Waals surface area contributed by atoms with E-state index in [9.17, 15) is 9.59 Å². The number of benzene rings is 2. The molecule has 5 heteroatoms. The van der Waals surface area contributed by atoms with Crippen LogP contribution >= 0.6 is 0 Å². The van der Waals surface area contributed by atoms with Crippen LogP contribution in [0.25, 0.3) is 0 Å². The summed E-state index contributed by atoms with van der Waals surface area (Å²) in [6.45, 7) is 2.73. The van der Waals surface area contributed by atoms with Gasteiger partial charge >= 0.3 is 0 Å². The molecule has 0 aliphatic carbocycles. The number of carbonyl (C=O) groups is 2. The van der Waals surface area contributed by atoms with Crippen LogP contribution < -0.4 is 15.1 Å². The molecule has 2 amide bonds. The van der Waals surface area contributed by atoms with E-state index in [1.807, 2.05) is 73.3 Å². The molecular weight excluding hydrogens is 314 g/mol. The molecular formula is C20H23N3O2. The zero-order valence-corrected chi connectivity index (χ0v) is 14.9. The summed E-state index contributed by atoms with van der Waals surface area (Å²) in [4.78, 5) is 28.1. The molecule has 0 spiro atoms. The average molecular weight is 337 g/mol. The van der Waals surface area contributed by atoms with Gasteiger partial charge in [0.1, 0.15) is 0 Å². The second-order valence-corrected chi connectivity index (χ2v) is 6.55. The Labute approximate surface area is 148 Å². The van der Waals surface area contributed by atoms with Gasteiger partial charge in [-0.05, 0) is 61.4 Å². The molecule has 1 saturated heterocycles. The molecule has 0 atom stereocenters. The lowest BCUT2D eigenvalue weighted by Crippen LogP contribution is -2.24. The lowest BCUT2D eigenvalue weighted by Gasteiger charge is -2.19. The van der Waals surface area contributed by atoms with Gasteiger partial charge in [-0.25, -0.2) is 0 Å². The van der Waals surface area contributed by atoms with Crippen LogP contribution in [-0.4, -0.2) is 32.5 Å². The zero-order chi connectivity index (χ0) is 18.0. The van der Waals surface area contributed by atoms with Crippen molar-refractivity contribution in [2.24, 2.45) is 0 Å². The monoisotopic (exact) mass is 337 g/mol. The van der Waals surface area contributed by atoms with E-state index in [0.29, 0.717) is 12.0 Å². The van der Waals surface area contributed by atoms with Crippen molar-refractivity contribution < 1.29 is 9.59 Å². The minimum atomic E-state index is -0.144. The van der Waals surface area contributed by atoms with Gasteiger partial charge in [-0.2, -0.15) is 0 Å². The van der Waals surface area contributed by atoms with Gasteiger partial charge < -0.3 is 15.1 Å². The number of carbonyl (C=O) groups excluding carboxylic acids is 2. The number of hydrogen-bond donors (Lipinski definition) is 1. The van der Waals surface area contributed by atoms with Gasteiger partial charge in [0.05, 0.1) is 0 Å². The van der Waals surface area contributed by atoms with E-state index in [1.54, 1.807) is 0 Å². The Kier molecular flexibility index (Phi) is 4.74. The highest BCUT2D eigenvalue weighted by Crippen LogP contribution is 2.27. The van der Waals surface area contributed by atoms with Crippen LogP contribution in [0.2, 0.25) is 0 Å². The fourth-order valence-corrected chi connectivity index (χ4v) is 3.05. The van der Waals surface area contributed by atoms with Gasteiger partial charge in [0.25, 0.3) is 5.91 Å². The minimum absolute atomic E-state index is 0.144. The lowest BCUT2D eigenvalue weighted by atomic mass is 10.1. The molecule has 1 fully saturated rings. The van der Waals surface area contributed by atoms with E-state index < -0.39 is 0 Å². The highest BCUT2D eigenvalue weighted by molar-refractivity contribution is 6.04. The maximum absolute atomic E-state index is 12.4. The summed E-state index contributed by atoms with van der Waals surface area (Å²) in [7, 11) is 3.93. The van der Waals surface area contributed by atoms with Crippen LogP contribution in [0.15, 0.2) is 42.5 Å². The van der Waals surface area contributed by atoms with Gasteiger partial charge in [-0.3, -0.25) is 9.59 Å². The summed E-state index contributed by atoms with van der Waals surface area (Å²) in [6, 6.07) is 13.1. The van der Waals surface area contributed by atoms with E-state index in [4.69, 9.17) is 0 Å². The number of hydrogen-bond acceptors (Lipinski definition) is 3. The van der Waals surface area contributed by atoms with Crippen molar-refractivity contribution in [2.75, 3.05) is 35.8 Å². The molecule has 5 nitrogen and oxygen atoms in total. The van der Waals surface area contributed by atoms with Gasteiger partial charge in [-0.1, -0.05) is 0 Å². The molecule has 0 unspecified atom stereocenters. The molecule has 1 heterocycles. The molecule has 25 heavy (non-hydrogen) atoms. The fraction of sp³-hybridized carbons (Fsp3) is 0.300. The zero-order valence-electron chi connectivity index (χ0n) is 14.9. The first kappa shape index (κ1) is 17.0. The predicted molar refractivity (Wildman–Crippen MR) is 101 cm³/mol. The summed E-state index contributed by atoms with van der Waals surface area (Å²) in [5.74, 6) is 0.0237. The highest BCUT2D eigenvalue weighted by Gasteiger charge is 2.23. The molecule has 1 aliphatic rings. The molecule has 0 bridgehead atoms. The van der Waals surface area contributed by atoms with Crippen molar-refractivity contribution in [2.45, 2.75) is 19.8 Å². The van der Waals surface area contributed by atoms with Crippen molar-refractivity contribution in [1.82, 2.24) is 0 Å². The van der Waals surface area contributed by atoms with Crippen LogP contribution in [0, 0.1) is 6.92 Å². The Balaban J connectivity index is 1.73. The Hall–Kier alpha value is -2.82. The molecule has 3 rings (SSSR count). The number of aryl methyl sites for hydroxylation is 1. The maximum atomic E-state index is 12.4. The van der Waals surface area contributed by atoms with E-state index >= 15 is 0 Å². The third-order valence-electron chi connectivity index (χ3n) is 4.46. The number of anilines is 3. The normalized spacial score (nSPS) is 13.9. The molecule has 0 radical (unpaired) electrons. The predicted octanol–water partition coefficient (Wildman–Crippen LogP) is 3.44. The number of nitrogens with zero attached hydrogens (tertiary/aromatic N) is 2. The van der Waals surface area contributed by atoms with Gasteiger partial charge in [-0.15, -0.1) is 0 Å². The van der Waals surface area contributed by atoms with E-state index in [-0.39, 0.29) is 11.8 Å². The van der Waals surface area contributed by atoms with Crippen LogP contribution in [0.3, 0.4) is 0 Å². The molecule has 0 saturated carbocycles. The third kappa shape index (κ3) is 3.65. The second-order valence-electron chi connectivity index (χ2n) is 6.55. The highest BCUT2D eigenvalue weighted by atomic mass is 16.2. The van der Waals surface area contributed by atoms with E-state index in [0.717, 1.165) is 35.6 Å².